The maximum Gasteiger partial charge on any atom is 0.254 e. The molecule has 1 amide bonds. The molecule has 3 aromatic carbocycles. The Kier molecular flexibility index (Phi) is 9.15. The second-order valence-corrected chi connectivity index (χ2v) is 13.2. The van der Waals surface area contributed by atoms with Crippen molar-refractivity contribution >= 4 is 23.0 Å². The Morgan fingerprint density at radius 3 is 2.44 bits per heavy atom. The van der Waals surface area contributed by atoms with Crippen LogP contribution in [-0.4, -0.2) is 39.3 Å². The van der Waals surface area contributed by atoms with Crippen molar-refractivity contribution in [3.63, 3.8) is 0 Å². The first kappa shape index (κ1) is 29.5. The lowest BCUT2D eigenvalue weighted by atomic mass is 9.81. The number of carbonyl (C=O) groups is 2. The zero-order chi connectivity index (χ0) is 29.8. The Labute approximate surface area is 258 Å². The summed E-state index contributed by atoms with van der Waals surface area (Å²) in [7, 11) is 0. The fourth-order valence-corrected chi connectivity index (χ4v) is 8.05. The van der Waals surface area contributed by atoms with Gasteiger partial charge in [0.15, 0.2) is 5.78 Å². The molecule has 2 fully saturated rings. The number of aliphatic hydroxyl groups is 1. The molecule has 5 atom stereocenters. The van der Waals surface area contributed by atoms with Gasteiger partial charge in [0.1, 0.15) is 5.01 Å². The van der Waals surface area contributed by atoms with E-state index in [0.29, 0.717) is 30.0 Å². The van der Waals surface area contributed by atoms with Crippen molar-refractivity contribution in [3.8, 4) is 0 Å². The standard InChI is InChI=1S/C37H40N2O3S/c1-25-24-43-36(38-25)33-16-9-19-39(33)37(42)31-15-8-14-29(22-31)34(40)23-32(20-26-10-4-2-5-11-26)35(41)30-18-17-28(21-30)27-12-6-3-7-13-27/h2-8,10-15,22,24,28,30,32-33,35,41H,9,16-21,23H2,1H3/t28-,30+,32-,33-,35-/m1/s1. The van der Waals surface area contributed by atoms with Crippen LogP contribution in [-0.2, 0) is 6.42 Å². The van der Waals surface area contributed by atoms with Gasteiger partial charge in [0.25, 0.3) is 5.91 Å². The Balaban J connectivity index is 1.18. The van der Waals surface area contributed by atoms with Gasteiger partial charge in [-0.05, 0) is 86.5 Å². The van der Waals surface area contributed by atoms with E-state index >= 15 is 0 Å². The maximum atomic E-state index is 13.8. The normalized spacial score (nSPS) is 21.5. The Bertz CT molecular complexity index is 1540. The lowest BCUT2D eigenvalue weighted by Crippen LogP contribution is -2.32. The number of amides is 1. The number of hydrogen-bond acceptors (Lipinski definition) is 5. The van der Waals surface area contributed by atoms with Gasteiger partial charge < -0.3 is 10.0 Å². The van der Waals surface area contributed by atoms with E-state index in [0.717, 1.165) is 48.4 Å². The van der Waals surface area contributed by atoms with Crippen LogP contribution in [0, 0.1) is 18.8 Å². The van der Waals surface area contributed by atoms with Gasteiger partial charge in [0, 0.05) is 35.2 Å². The molecule has 1 aliphatic carbocycles. The predicted octanol–water partition coefficient (Wildman–Crippen LogP) is 7.81. The number of aromatic nitrogens is 1. The Hall–Kier alpha value is -3.61. The minimum atomic E-state index is -0.574. The summed E-state index contributed by atoms with van der Waals surface area (Å²) in [4.78, 5) is 34.0. The van der Waals surface area contributed by atoms with Gasteiger partial charge in [-0.15, -0.1) is 11.3 Å². The molecule has 0 spiro atoms. The van der Waals surface area contributed by atoms with E-state index in [-0.39, 0.29) is 36.0 Å². The van der Waals surface area contributed by atoms with Gasteiger partial charge in [-0.3, -0.25) is 9.59 Å². The highest BCUT2D eigenvalue weighted by atomic mass is 32.1. The van der Waals surface area contributed by atoms with E-state index in [9.17, 15) is 14.7 Å². The van der Waals surface area contributed by atoms with E-state index in [1.165, 1.54) is 5.56 Å². The summed E-state index contributed by atoms with van der Waals surface area (Å²) in [5.74, 6) is 0.315. The number of ketones is 1. The van der Waals surface area contributed by atoms with E-state index in [1.54, 1.807) is 29.5 Å². The van der Waals surface area contributed by atoms with Crippen molar-refractivity contribution in [1.82, 2.24) is 9.88 Å². The van der Waals surface area contributed by atoms with Gasteiger partial charge in [0.05, 0.1) is 12.1 Å². The second kappa shape index (κ2) is 13.4. The summed E-state index contributed by atoms with van der Waals surface area (Å²) in [6.45, 7) is 2.67. The highest BCUT2D eigenvalue weighted by Gasteiger charge is 2.36. The van der Waals surface area contributed by atoms with Crippen LogP contribution in [0.5, 0.6) is 0 Å². The number of carbonyl (C=O) groups excluding carboxylic acids is 2. The molecule has 1 aromatic heterocycles. The molecule has 1 aliphatic heterocycles. The van der Waals surface area contributed by atoms with Gasteiger partial charge in [0.2, 0.25) is 0 Å². The summed E-state index contributed by atoms with van der Waals surface area (Å²) in [6.07, 6.45) is 5.10. The summed E-state index contributed by atoms with van der Waals surface area (Å²) in [6, 6.07) is 27.9. The van der Waals surface area contributed by atoms with Crippen LogP contribution in [0.3, 0.4) is 0 Å². The first-order valence-corrected chi connectivity index (χ1v) is 16.5. The number of aliphatic hydroxyl groups excluding tert-OH is 1. The molecule has 1 saturated heterocycles. The molecule has 0 radical (unpaired) electrons. The summed E-state index contributed by atoms with van der Waals surface area (Å²) < 4.78 is 0. The van der Waals surface area contributed by atoms with E-state index in [2.05, 4.69) is 41.4 Å². The largest absolute Gasteiger partial charge is 0.393 e. The maximum absolute atomic E-state index is 13.8. The molecule has 0 unspecified atom stereocenters. The van der Waals surface area contributed by atoms with Gasteiger partial charge in [-0.1, -0.05) is 72.8 Å². The number of thiazole rings is 1. The number of nitrogens with zero attached hydrogens (tertiary/aromatic N) is 2. The SMILES string of the molecule is Cc1csc([C@H]2CCCN2C(=O)c2cccc(C(=O)C[C@@H](Cc3ccccc3)[C@H](O)[C@H]3CC[C@@H](c4ccccc4)C3)c2)n1. The van der Waals surface area contributed by atoms with Crippen molar-refractivity contribution in [2.75, 3.05) is 6.54 Å². The lowest BCUT2D eigenvalue weighted by molar-refractivity contribution is 0.0451. The van der Waals surface area contributed by atoms with Gasteiger partial charge in [-0.2, -0.15) is 0 Å². The van der Waals surface area contributed by atoms with Crippen LogP contribution in [0.2, 0.25) is 0 Å². The second-order valence-electron chi connectivity index (χ2n) is 12.3. The van der Waals surface area contributed by atoms with Gasteiger partial charge in [-0.25, -0.2) is 4.98 Å². The number of rotatable bonds is 10. The number of likely N-dealkylation sites (tertiary alicyclic amines) is 1. The first-order chi connectivity index (χ1) is 21.0. The van der Waals surface area contributed by atoms with Crippen LogP contribution in [0.15, 0.2) is 90.3 Å². The van der Waals surface area contributed by atoms with Crippen LogP contribution >= 0.6 is 11.3 Å². The van der Waals surface area contributed by atoms with Crippen molar-refractivity contribution < 1.29 is 14.7 Å². The first-order valence-electron chi connectivity index (χ1n) is 15.6. The van der Waals surface area contributed by atoms with Crippen molar-refractivity contribution in [1.29, 1.82) is 0 Å². The average molecular weight is 593 g/mol. The highest BCUT2D eigenvalue weighted by molar-refractivity contribution is 7.09. The molecule has 0 bridgehead atoms. The number of hydrogen-bond donors (Lipinski definition) is 1. The zero-order valence-electron chi connectivity index (χ0n) is 24.8. The fraction of sp³-hybridized carbons (Fsp3) is 0.378. The molecule has 222 valence electrons. The molecule has 2 heterocycles. The number of Topliss-reactive ketones (excluding diaryl/α,β-unsaturated/α-hetero) is 1. The van der Waals surface area contributed by atoms with Crippen LogP contribution < -0.4 is 0 Å². The molecular formula is C37H40N2O3S. The van der Waals surface area contributed by atoms with Crippen molar-refractivity contribution in [2.45, 2.75) is 69.9 Å². The third-order valence-electron chi connectivity index (χ3n) is 9.37. The minimum absolute atomic E-state index is 0.0120. The molecular weight excluding hydrogens is 552 g/mol. The van der Waals surface area contributed by atoms with Crippen molar-refractivity contribution in [3.05, 3.63) is 123 Å². The summed E-state index contributed by atoms with van der Waals surface area (Å²) in [5.41, 5.74) is 4.50. The number of benzene rings is 3. The fourth-order valence-electron chi connectivity index (χ4n) is 7.11. The van der Waals surface area contributed by atoms with Crippen LogP contribution in [0.25, 0.3) is 0 Å². The molecule has 43 heavy (non-hydrogen) atoms. The Morgan fingerprint density at radius 2 is 1.70 bits per heavy atom. The topological polar surface area (TPSA) is 70.5 Å². The number of aryl methyl sites for hydroxylation is 1. The monoisotopic (exact) mass is 592 g/mol. The van der Waals surface area contributed by atoms with E-state index in [4.69, 9.17) is 0 Å². The van der Waals surface area contributed by atoms with E-state index < -0.39 is 6.10 Å². The zero-order valence-corrected chi connectivity index (χ0v) is 25.6. The highest BCUT2D eigenvalue weighted by Crippen LogP contribution is 2.42. The summed E-state index contributed by atoms with van der Waals surface area (Å²) >= 11 is 1.61. The molecule has 6 heteroatoms. The van der Waals surface area contributed by atoms with Crippen molar-refractivity contribution in [2.24, 2.45) is 11.8 Å². The summed E-state index contributed by atoms with van der Waals surface area (Å²) in [5, 5.41) is 14.8. The van der Waals surface area contributed by atoms with Gasteiger partial charge >= 0.3 is 0 Å². The lowest BCUT2D eigenvalue weighted by Gasteiger charge is -2.28. The third-order valence-corrected chi connectivity index (χ3v) is 10.4. The molecule has 4 aromatic rings. The molecule has 1 N–H and O–H groups in total. The smallest absolute Gasteiger partial charge is 0.254 e. The third kappa shape index (κ3) is 6.81. The average Bonchev–Trinajstić information content (AvgIpc) is 3.82. The minimum Gasteiger partial charge on any atom is -0.393 e. The van der Waals surface area contributed by atoms with Crippen LogP contribution in [0.1, 0.15) is 93.0 Å². The van der Waals surface area contributed by atoms with Crippen LogP contribution in [0.4, 0.5) is 0 Å². The predicted molar refractivity (Wildman–Crippen MR) is 171 cm³/mol. The Morgan fingerprint density at radius 1 is 0.953 bits per heavy atom. The quantitative estimate of drug-likeness (QED) is 0.191. The molecule has 5 nitrogen and oxygen atoms in total. The van der Waals surface area contributed by atoms with E-state index in [1.807, 2.05) is 47.5 Å². The molecule has 2 aliphatic rings. The molecule has 6 rings (SSSR count). The molecule has 1 saturated carbocycles.